The molecule has 1 saturated heterocycles. The van der Waals surface area contributed by atoms with E-state index in [-0.39, 0.29) is 11.6 Å². The summed E-state index contributed by atoms with van der Waals surface area (Å²) in [4.78, 5) is 14.4. The van der Waals surface area contributed by atoms with E-state index in [1.807, 2.05) is 11.0 Å². The van der Waals surface area contributed by atoms with E-state index < -0.39 is 0 Å². The SMILES string of the molecule is C#CCCC1(CCC(=O)N2CCC(c3ccccc3)C2)N=N1. The van der Waals surface area contributed by atoms with Crippen molar-refractivity contribution in [1.82, 2.24) is 4.90 Å². The van der Waals surface area contributed by atoms with Crippen LogP contribution in [-0.4, -0.2) is 29.6 Å². The lowest BCUT2D eigenvalue weighted by atomic mass is 9.99. The largest absolute Gasteiger partial charge is 0.342 e. The Morgan fingerprint density at radius 1 is 1.32 bits per heavy atom. The molecule has 2 heterocycles. The second kappa shape index (κ2) is 6.31. The lowest BCUT2D eigenvalue weighted by Gasteiger charge is -2.17. The zero-order chi connectivity index (χ0) is 15.4. The number of terminal acetylenes is 1. The summed E-state index contributed by atoms with van der Waals surface area (Å²) < 4.78 is 0. The van der Waals surface area contributed by atoms with Crippen molar-refractivity contribution in [1.29, 1.82) is 0 Å². The van der Waals surface area contributed by atoms with Crippen LogP contribution in [0.1, 0.15) is 43.6 Å². The Balaban J connectivity index is 1.47. The molecule has 0 N–H and O–H groups in total. The van der Waals surface area contributed by atoms with Crippen LogP contribution in [-0.2, 0) is 4.79 Å². The summed E-state index contributed by atoms with van der Waals surface area (Å²) in [5, 5.41) is 8.18. The normalized spacial score (nSPS) is 21.6. The highest BCUT2D eigenvalue weighted by Crippen LogP contribution is 2.38. The monoisotopic (exact) mass is 295 g/mol. The smallest absolute Gasteiger partial charge is 0.222 e. The lowest BCUT2D eigenvalue weighted by molar-refractivity contribution is -0.130. The Bertz CT molecular complexity index is 597. The first-order valence-corrected chi connectivity index (χ1v) is 7.93. The van der Waals surface area contributed by atoms with E-state index in [1.54, 1.807) is 0 Å². The Hall–Kier alpha value is -2.15. The van der Waals surface area contributed by atoms with Gasteiger partial charge in [0.05, 0.1) is 0 Å². The van der Waals surface area contributed by atoms with Crippen LogP contribution in [0.2, 0.25) is 0 Å². The molecule has 1 aromatic carbocycles. The molecule has 0 spiro atoms. The highest BCUT2D eigenvalue weighted by molar-refractivity contribution is 5.76. The van der Waals surface area contributed by atoms with E-state index in [9.17, 15) is 4.79 Å². The van der Waals surface area contributed by atoms with E-state index in [4.69, 9.17) is 6.42 Å². The molecular formula is C18H21N3O. The molecule has 22 heavy (non-hydrogen) atoms. The molecule has 0 radical (unpaired) electrons. The van der Waals surface area contributed by atoms with Gasteiger partial charge < -0.3 is 4.90 Å². The van der Waals surface area contributed by atoms with Gasteiger partial charge in [0.15, 0.2) is 5.66 Å². The van der Waals surface area contributed by atoms with Gasteiger partial charge in [0.2, 0.25) is 5.91 Å². The minimum absolute atomic E-state index is 0.218. The molecule has 4 nitrogen and oxygen atoms in total. The molecule has 0 aromatic heterocycles. The average molecular weight is 295 g/mol. The summed E-state index contributed by atoms with van der Waals surface area (Å²) in [5.41, 5.74) is 0.983. The number of carbonyl (C=O) groups is 1. The zero-order valence-electron chi connectivity index (χ0n) is 12.7. The first kappa shape index (κ1) is 14.8. The number of amides is 1. The Kier molecular flexibility index (Phi) is 4.24. The van der Waals surface area contributed by atoms with Gasteiger partial charge in [0.25, 0.3) is 0 Å². The third-order valence-electron chi connectivity index (χ3n) is 4.60. The molecule has 1 amide bonds. The summed E-state index contributed by atoms with van der Waals surface area (Å²) in [6.45, 7) is 1.68. The van der Waals surface area contributed by atoms with Gasteiger partial charge in [-0.2, -0.15) is 10.2 Å². The standard InChI is InChI=1S/C18H21N3O/c1-2-3-11-18(19-20-18)12-9-17(22)21-13-10-16(14-21)15-7-5-4-6-8-15/h1,4-8,16H,3,9-14H2. The van der Waals surface area contributed by atoms with Gasteiger partial charge in [-0.1, -0.05) is 30.3 Å². The maximum absolute atomic E-state index is 12.4. The predicted molar refractivity (Wildman–Crippen MR) is 85.3 cm³/mol. The van der Waals surface area contributed by atoms with E-state index in [1.165, 1.54) is 5.56 Å². The van der Waals surface area contributed by atoms with Gasteiger partial charge in [-0.3, -0.25) is 4.79 Å². The van der Waals surface area contributed by atoms with Crippen molar-refractivity contribution in [2.45, 2.75) is 43.7 Å². The minimum atomic E-state index is -0.347. The quantitative estimate of drug-likeness (QED) is 0.742. The molecule has 114 valence electrons. The molecule has 4 heteroatoms. The molecule has 0 aliphatic carbocycles. The van der Waals surface area contributed by atoms with E-state index >= 15 is 0 Å². The van der Waals surface area contributed by atoms with Gasteiger partial charge >= 0.3 is 0 Å². The molecular weight excluding hydrogens is 274 g/mol. The average Bonchev–Trinajstić information content (AvgIpc) is 3.16. The van der Waals surface area contributed by atoms with Crippen LogP contribution in [0, 0.1) is 12.3 Å². The predicted octanol–water partition coefficient (Wildman–Crippen LogP) is 3.36. The van der Waals surface area contributed by atoms with Crippen LogP contribution < -0.4 is 0 Å². The van der Waals surface area contributed by atoms with E-state index in [0.717, 1.165) is 25.9 Å². The second-order valence-electron chi connectivity index (χ2n) is 6.12. The van der Waals surface area contributed by atoms with Crippen molar-refractivity contribution >= 4 is 5.91 Å². The zero-order valence-corrected chi connectivity index (χ0v) is 12.7. The molecule has 3 rings (SSSR count). The number of likely N-dealkylation sites (tertiary alicyclic amines) is 1. The van der Waals surface area contributed by atoms with Gasteiger partial charge in [0, 0.05) is 44.7 Å². The highest BCUT2D eigenvalue weighted by atomic mass is 16.2. The molecule has 1 atom stereocenters. The number of rotatable bonds is 6. The fourth-order valence-corrected chi connectivity index (χ4v) is 3.12. The van der Waals surface area contributed by atoms with Crippen LogP contribution >= 0.6 is 0 Å². The van der Waals surface area contributed by atoms with Crippen molar-refractivity contribution in [3.8, 4) is 12.3 Å². The summed E-state index contributed by atoms with van der Waals surface area (Å²) in [6, 6.07) is 10.4. The third-order valence-corrected chi connectivity index (χ3v) is 4.60. The first-order chi connectivity index (χ1) is 10.7. The van der Waals surface area contributed by atoms with Crippen molar-refractivity contribution in [3.05, 3.63) is 35.9 Å². The molecule has 0 saturated carbocycles. The van der Waals surface area contributed by atoms with Crippen molar-refractivity contribution in [2.24, 2.45) is 10.2 Å². The van der Waals surface area contributed by atoms with Crippen LogP contribution in [0.5, 0.6) is 0 Å². The topological polar surface area (TPSA) is 45.0 Å². The molecule has 2 aliphatic rings. The molecule has 0 bridgehead atoms. The van der Waals surface area contributed by atoms with Crippen molar-refractivity contribution in [3.63, 3.8) is 0 Å². The van der Waals surface area contributed by atoms with Gasteiger partial charge in [-0.05, 0) is 12.0 Å². The fourth-order valence-electron chi connectivity index (χ4n) is 3.12. The molecule has 1 fully saturated rings. The van der Waals surface area contributed by atoms with Crippen molar-refractivity contribution in [2.75, 3.05) is 13.1 Å². The van der Waals surface area contributed by atoms with Crippen LogP contribution in [0.15, 0.2) is 40.6 Å². The summed E-state index contributed by atoms with van der Waals surface area (Å²) in [5.74, 6) is 3.30. The second-order valence-corrected chi connectivity index (χ2v) is 6.12. The fraction of sp³-hybridized carbons (Fsp3) is 0.500. The number of benzene rings is 1. The lowest BCUT2D eigenvalue weighted by Crippen LogP contribution is -2.29. The van der Waals surface area contributed by atoms with Gasteiger partial charge in [0.1, 0.15) is 0 Å². The summed E-state index contributed by atoms with van der Waals surface area (Å²) >= 11 is 0. The van der Waals surface area contributed by atoms with Crippen LogP contribution in [0.3, 0.4) is 0 Å². The summed E-state index contributed by atoms with van der Waals surface area (Å²) in [7, 11) is 0. The van der Waals surface area contributed by atoms with Crippen LogP contribution in [0.4, 0.5) is 0 Å². The molecule has 2 aliphatic heterocycles. The molecule has 1 unspecified atom stereocenters. The molecule has 1 aromatic rings. The van der Waals surface area contributed by atoms with E-state index in [2.05, 4.69) is 40.4 Å². The van der Waals surface area contributed by atoms with Crippen LogP contribution in [0.25, 0.3) is 0 Å². The number of hydrogen-bond donors (Lipinski definition) is 0. The Morgan fingerprint density at radius 2 is 2.09 bits per heavy atom. The number of carbonyl (C=O) groups excluding carboxylic acids is 1. The van der Waals surface area contributed by atoms with Crippen molar-refractivity contribution < 1.29 is 4.79 Å². The Labute approximate surface area is 131 Å². The summed E-state index contributed by atoms with van der Waals surface area (Å²) in [6.07, 6.45) is 8.97. The van der Waals surface area contributed by atoms with Gasteiger partial charge in [-0.15, -0.1) is 12.3 Å². The number of hydrogen-bond acceptors (Lipinski definition) is 3. The Morgan fingerprint density at radius 3 is 2.77 bits per heavy atom. The van der Waals surface area contributed by atoms with Gasteiger partial charge in [-0.25, -0.2) is 0 Å². The first-order valence-electron chi connectivity index (χ1n) is 7.93. The van der Waals surface area contributed by atoms with E-state index in [0.29, 0.717) is 25.2 Å². The third kappa shape index (κ3) is 3.36. The maximum atomic E-state index is 12.4. The maximum Gasteiger partial charge on any atom is 0.222 e. The minimum Gasteiger partial charge on any atom is -0.342 e. The highest BCUT2D eigenvalue weighted by Gasteiger charge is 2.40. The number of nitrogens with zero attached hydrogens (tertiary/aromatic N) is 3.